The number of ether oxygens (including phenoxy) is 2. The molecule has 0 aromatic heterocycles. The predicted octanol–water partition coefficient (Wildman–Crippen LogP) is 2.25. The van der Waals surface area contributed by atoms with Gasteiger partial charge in [0.1, 0.15) is 11.3 Å². The molecule has 1 aliphatic rings. The molecule has 9 heteroatoms. The monoisotopic (exact) mass is 462 g/mol. The number of hydrogen-bond donors (Lipinski definition) is 2. The van der Waals surface area contributed by atoms with Gasteiger partial charge < -0.3 is 29.9 Å². The van der Waals surface area contributed by atoms with E-state index in [0.29, 0.717) is 43.8 Å². The largest absolute Gasteiger partial charge is 0.496 e. The minimum Gasteiger partial charge on any atom is -0.496 e. The molecular weight excluding hydrogens is 424 g/mol. The Hall–Kier alpha value is -2.81. The smallest absolute Gasteiger partial charge is 0.341 e. The lowest BCUT2D eigenvalue weighted by atomic mass is 9.96. The van der Waals surface area contributed by atoms with Gasteiger partial charge in [-0.05, 0) is 56.6 Å². The van der Waals surface area contributed by atoms with Gasteiger partial charge in [0, 0.05) is 32.1 Å². The van der Waals surface area contributed by atoms with Crippen LogP contribution in [0.15, 0.2) is 18.2 Å². The molecule has 0 atom stereocenters. The fourth-order valence-electron chi connectivity index (χ4n) is 3.97. The number of amides is 3. The second-order valence-corrected chi connectivity index (χ2v) is 8.12. The van der Waals surface area contributed by atoms with Gasteiger partial charge in [-0.3, -0.25) is 4.79 Å². The van der Waals surface area contributed by atoms with Gasteiger partial charge in [-0.2, -0.15) is 0 Å². The van der Waals surface area contributed by atoms with Crippen molar-refractivity contribution >= 4 is 17.9 Å². The van der Waals surface area contributed by atoms with Gasteiger partial charge in [-0.1, -0.05) is 19.9 Å². The number of esters is 1. The summed E-state index contributed by atoms with van der Waals surface area (Å²) in [6, 6.07) is 4.95. The standard InChI is InChI=1S/C24H38N4O5/c1-5-27(6-2)13-7-12-25-22(29)19-10-14-28(15-11-19)24(31)26-17-18-8-9-21(32-3)20(16-18)23(30)33-4/h8-9,16,19H,5-7,10-15,17H2,1-4H3,(H,25,29)(H,26,31). The molecule has 33 heavy (non-hydrogen) atoms. The van der Waals surface area contributed by atoms with Gasteiger partial charge in [0.15, 0.2) is 0 Å². The second-order valence-electron chi connectivity index (χ2n) is 8.12. The highest BCUT2D eigenvalue weighted by Crippen LogP contribution is 2.21. The molecule has 3 amide bonds. The Bertz CT molecular complexity index is 789. The van der Waals surface area contributed by atoms with E-state index < -0.39 is 5.97 Å². The highest BCUT2D eigenvalue weighted by atomic mass is 16.5. The van der Waals surface area contributed by atoms with E-state index in [0.717, 1.165) is 31.6 Å². The fourth-order valence-corrected chi connectivity index (χ4v) is 3.97. The third-order valence-electron chi connectivity index (χ3n) is 6.11. The fraction of sp³-hybridized carbons (Fsp3) is 0.625. The van der Waals surface area contributed by atoms with Crippen LogP contribution >= 0.6 is 0 Å². The van der Waals surface area contributed by atoms with Gasteiger partial charge in [0.2, 0.25) is 5.91 Å². The summed E-state index contributed by atoms with van der Waals surface area (Å²) < 4.78 is 9.98. The van der Waals surface area contributed by atoms with Crippen molar-refractivity contribution < 1.29 is 23.9 Å². The zero-order chi connectivity index (χ0) is 24.2. The average molecular weight is 463 g/mol. The van der Waals surface area contributed by atoms with E-state index in [9.17, 15) is 14.4 Å². The van der Waals surface area contributed by atoms with Gasteiger partial charge >= 0.3 is 12.0 Å². The highest BCUT2D eigenvalue weighted by Gasteiger charge is 2.27. The van der Waals surface area contributed by atoms with E-state index in [1.54, 1.807) is 23.1 Å². The number of carbonyl (C=O) groups is 3. The van der Waals surface area contributed by atoms with Crippen molar-refractivity contribution in [3.63, 3.8) is 0 Å². The number of hydrogen-bond acceptors (Lipinski definition) is 6. The molecule has 0 bridgehead atoms. The minimum atomic E-state index is -0.492. The number of nitrogens with one attached hydrogen (secondary N) is 2. The Morgan fingerprint density at radius 1 is 1.09 bits per heavy atom. The van der Waals surface area contributed by atoms with Crippen LogP contribution in [0.4, 0.5) is 4.79 Å². The van der Waals surface area contributed by atoms with Crippen LogP contribution in [0, 0.1) is 5.92 Å². The van der Waals surface area contributed by atoms with Gasteiger partial charge in [0.25, 0.3) is 0 Å². The average Bonchev–Trinajstić information content (AvgIpc) is 2.86. The van der Waals surface area contributed by atoms with Crippen LogP contribution in [0.3, 0.4) is 0 Å². The molecule has 1 aromatic carbocycles. The molecule has 0 radical (unpaired) electrons. The SMILES string of the molecule is CCN(CC)CCCNC(=O)C1CCN(C(=O)NCc2ccc(OC)c(C(=O)OC)c2)CC1. The van der Waals surface area contributed by atoms with E-state index in [2.05, 4.69) is 29.4 Å². The van der Waals surface area contributed by atoms with E-state index in [1.165, 1.54) is 14.2 Å². The molecule has 0 aliphatic carbocycles. The number of rotatable bonds is 11. The Morgan fingerprint density at radius 2 is 1.79 bits per heavy atom. The molecule has 0 saturated carbocycles. The zero-order valence-corrected chi connectivity index (χ0v) is 20.3. The third-order valence-corrected chi connectivity index (χ3v) is 6.11. The molecule has 2 N–H and O–H groups in total. The van der Waals surface area contributed by atoms with Crippen LogP contribution in [-0.2, 0) is 16.1 Å². The summed E-state index contributed by atoms with van der Waals surface area (Å²) in [5.41, 5.74) is 1.08. The molecule has 0 spiro atoms. The van der Waals surface area contributed by atoms with E-state index in [1.807, 2.05) is 0 Å². The van der Waals surface area contributed by atoms with Crippen LogP contribution < -0.4 is 15.4 Å². The maximum Gasteiger partial charge on any atom is 0.341 e. The molecule has 1 heterocycles. The Morgan fingerprint density at radius 3 is 2.39 bits per heavy atom. The van der Waals surface area contributed by atoms with Crippen molar-refractivity contribution in [3.8, 4) is 5.75 Å². The normalized spacial score (nSPS) is 14.2. The first kappa shape index (κ1) is 26.4. The van der Waals surface area contributed by atoms with Crippen molar-refractivity contribution in [3.05, 3.63) is 29.3 Å². The molecule has 1 saturated heterocycles. The summed E-state index contributed by atoms with van der Waals surface area (Å²) in [5, 5.41) is 5.93. The van der Waals surface area contributed by atoms with E-state index >= 15 is 0 Å². The van der Waals surface area contributed by atoms with Crippen molar-refractivity contribution in [1.82, 2.24) is 20.4 Å². The molecule has 9 nitrogen and oxygen atoms in total. The highest BCUT2D eigenvalue weighted by molar-refractivity contribution is 5.92. The number of urea groups is 1. The zero-order valence-electron chi connectivity index (χ0n) is 20.3. The first-order chi connectivity index (χ1) is 15.9. The molecule has 2 rings (SSSR count). The molecule has 1 fully saturated rings. The van der Waals surface area contributed by atoms with Gasteiger partial charge in [-0.25, -0.2) is 9.59 Å². The van der Waals surface area contributed by atoms with Crippen LogP contribution in [0.1, 0.15) is 49.0 Å². The van der Waals surface area contributed by atoms with E-state index in [4.69, 9.17) is 9.47 Å². The summed E-state index contributed by atoms with van der Waals surface area (Å²) >= 11 is 0. The van der Waals surface area contributed by atoms with E-state index in [-0.39, 0.29) is 24.4 Å². The number of benzene rings is 1. The molecule has 1 aliphatic heterocycles. The summed E-state index contributed by atoms with van der Waals surface area (Å²) in [4.78, 5) is 41.0. The lowest BCUT2D eigenvalue weighted by Gasteiger charge is -2.31. The second kappa shape index (κ2) is 13.7. The Kier molecular flexibility index (Phi) is 11.0. The maximum absolute atomic E-state index is 12.6. The quantitative estimate of drug-likeness (QED) is 0.387. The van der Waals surface area contributed by atoms with Crippen LogP contribution in [0.2, 0.25) is 0 Å². The van der Waals surface area contributed by atoms with Crippen molar-refractivity contribution in [1.29, 1.82) is 0 Å². The van der Waals surface area contributed by atoms with Gasteiger partial charge in [-0.15, -0.1) is 0 Å². The summed E-state index contributed by atoms with van der Waals surface area (Å²) in [6.07, 6.45) is 2.26. The predicted molar refractivity (Wildman–Crippen MR) is 126 cm³/mol. The van der Waals surface area contributed by atoms with Gasteiger partial charge in [0.05, 0.1) is 14.2 Å². The topological polar surface area (TPSA) is 100 Å². The molecule has 184 valence electrons. The Labute approximate surface area is 196 Å². The Balaban J connectivity index is 1.75. The number of nitrogens with zero attached hydrogens (tertiary/aromatic N) is 2. The van der Waals surface area contributed by atoms with Crippen LogP contribution in [0.5, 0.6) is 5.75 Å². The lowest BCUT2D eigenvalue weighted by molar-refractivity contribution is -0.126. The lowest BCUT2D eigenvalue weighted by Crippen LogP contribution is -2.46. The first-order valence-electron chi connectivity index (χ1n) is 11.7. The number of likely N-dealkylation sites (tertiary alicyclic amines) is 1. The van der Waals surface area contributed by atoms with Crippen molar-refractivity contribution in [2.45, 2.75) is 39.7 Å². The molecular formula is C24H38N4O5. The number of carbonyl (C=O) groups excluding carboxylic acids is 3. The minimum absolute atomic E-state index is 0.0493. The van der Waals surface area contributed by atoms with Crippen molar-refractivity contribution in [2.75, 3.05) is 53.5 Å². The maximum atomic E-state index is 12.6. The summed E-state index contributed by atoms with van der Waals surface area (Å²) in [7, 11) is 2.80. The summed E-state index contributed by atoms with van der Waals surface area (Å²) in [6.45, 7) is 9.36. The van der Waals surface area contributed by atoms with Crippen LogP contribution in [-0.4, -0.2) is 81.2 Å². The van der Waals surface area contributed by atoms with Crippen molar-refractivity contribution in [2.24, 2.45) is 5.92 Å². The van der Waals surface area contributed by atoms with Crippen LogP contribution in [0.25, 0.3) is 0 Å². The first-order valence-corrected chi connectivity index (χ1v) is 11.7. The molecule has 1 aromatic rings. The number of methoxy groups -OCH3 is 2. The molecule has 0 unspecified atom stereocenters. The third kappa shape index (κ3) is 7.92. The number of piperidine rings is 1. The summed E-state index contributed by atoms with van der Waals surface area (Å²) in [5.74, 6) is -0.0337.